The summed E-state index contributed by atoms with van der Waals surface area (Å²) in [7, 11) is 0. The lowest BCUT2D eigenvalue weighted by molar-refractivity contribution is -0.122. The fourth-order valence-corrected chi connectivity index (χ4v) is 1.19. The minimum atomic E-state index is -0.179. The molecule has 0 aromatic carbocycles. The number of hydrogen-bond donors (Lipinski definition) is 2. The van der Waals surface area contributed by atoms with E-state index in [1.807, 2.05) is 0 Å². The van der Waals surface area contributed by atoms with Gasteiger partial charge in [0.2, 0.25) is 11.9 Å². The summed E-state index contributed by atoms with van der Waals surface area (Å²) in [5.74, 6) is 0.673. The summed E-state index contributed by atoms with van der Waals surface area (Å²) < 4.78 is 6.44. The lowest BCUT2D eigenvalue weighted by Crippen LogP contribution is -2.27. The number of aromatic nitrogens is 3. The van der Waals surface area contributed by atoms with Gasteiger partial charge in [-0.2, -0.15) is 0 Å². The van der Waals surface area contributed by atoms with E-state index in [-0.39, 0.29) is 18.4 Å². The molecule has 0 radical (unpaired) electrons. The number of carbonyl (C=O) groups is 1. The van der Waals surface area contributed by atoms with E-state index in [2.05, 4.69) is 15.4 Å². The van der Waals surface area contributed by atoms with Crippen molar-refractivity contribution in [3.8, 4) is 0 Å². The van der Waals surface area contributed by atoms with Gasteiger partial charge in [0.25, 0.3) is 0 Å². The maximum absolute atomic E-state index is 11.4. The fourth-order valence-electron chi connectivity index (χ4n) is 1.19. The second kappa shape index (κ2) is 4.47. The number of rotatable bonds is 4. The molecular formula is C9H11N5O2. The second-order valence-electron chi connectivity index (χ2n) is 3.16. The molecule has 16 heavy (non-hydrogen) atoms. The molecule has 0 aliphatic heterocycles. The van der Waals surface area contributed by atoms with Crippen LogP contribution in [0.4, 0.5) is 5.95 Å². The average molecular weight is 221 g/mol. The predicted molar refractivity (Wildman–Crippen MR) is 55.0 cm³/mol. The maximum Gasteiger partial charge on any atom is 0.242 e. The van der Waals surface area contributed by atoms with Gasteiger partial charge in [-0.25, -0.2) is 9.67 Å². The minimum absolute atomic E-state index is 0.0882. The van der Waals surface area contributed by atoms with Crippen molar-refractivity contribution in [2.24, 2.45) is 0 Å². The van der Waals surface area contributed by atoms with Gasteiger partial charge in [-0.05, 0) is 12.1 Å². The van der Waals surface area contributed by atoms with E-state index in [9.17, 15) is 4.79 Å². The van der Waals surface area contributed by atoms with Crippen LogP contribution in [-0.2, 0) is 17.9 Å². The number of hydrogen-bond acceptors (Lipinski definition) is 5. The molecule has 7 heteroatoms. The van der Waals surface area contributed by atoms with Crippen molar-refractivity contribution in [1.29, 1.82) is 0 Å². The molecule has 0 aliphatic rings. The first-order valence-corrected chi connectivity index (χ1v) is 4.68. The highest BCUT2D eigenvalue weighted by Crippen LogP contribution is 1.98. The van der Waals surface area contributed by atoms with Crippen LogP contribution < -0.4 is 11.1 Å². The van der Waals surface area contributed by atoms with E-state index < -0.39 is 0 Å². The van der Waals surface area contributed by atoms with Crippen LogP contribution in [0, 0.1) is 0 Å². The summed E-state index contributed by atoms with van der Waals surface area (Å²) in [6.07, 6.45) is 2.96. The van der Waals surface area contributed by atoms with Crippen molar-refractivity contribution >= 4 is 11.9 Å². The number of furan rings is 1. The van der Waals surface area contributed by atoms with E-state index in [1.54, 1.807) is 18.4 Å². The van der Waals surface area contributed by atoms with Crippen LogP contribution in [0.3, 0.4) is 0 Å². The Morgan fingerprint density at radius 2 is 2.50 bits per heavy atom. The summed E-state index contributed by atoms with van der Waals surface area (Å²) in [6.45, 7) is 0.445. The van der Waals surface area contributed by atoms with E-state index in [1.165, 1.54) is 11.0 Å². The van der Waals surface area contributed by atoms with Crippen molar-refractivity contribution in [3.05, 3.63) is 30.5 Å². The lowest BCUT2D eigenvalue weighted by atomic mass is 10.4. The van der Waals surface area contributed by atoms with Gasteiger partial charge in [-0.15, -0.1) is 5.10 Å². The van der Waals surface area contributed by atoms with E-state index in [4.69, 9.17) is 10.2 Å². The number of nitrogens with two attached hydrogens (primary N) is 1. The molecular weight excluding hydrogens is 210 g/mol. The first-order valence-electron chi connectivity index (χ1n) is 4.68. The van der Waals surface area contributed by atoms with Gasteiger partial charge in [0.15, 0.2) is 0 Å². The monoisotopic (exact) mass is 221 g/mol. The molecule has 0 saturated carbocycles. The Balaban J connectivity index is 1.81. The van der Waals surface area contributed by atoms with Crippen LogP contribution in [0.5, 0.6) is 0 Å². The summed E-state index contributed by atoms with van der Waals surface area (Å²) in [4.78, 5) is 15.1. The lowest BCUT2D eigenvalue weighted by Gasteiger charge is -2.02. The summed E-state index contributed by atoms with van der Waals surface area (Å²) in [6, 6.07) is 3.55. The number of nitrogen functional groups attached to an aromatic ring is 1. The van der Waals surface area contributed by atoms with Crippen LogP contribution in [0.25, 0.3) is 0 Å². The third-order valence-corrected chi connectivity index (χ3v) is 1.90. The summed E-state index contributed by atoms with van der Waals surface area (Å²) in [5, 5.41) is 6.48. The quantitative estimate of drug-likeness (QED) is 0.743. The normalized spacial score (nSPS) is 10.2. The van der Waals surface area contributed by atoms with E-state index in [0.717, 1.165) is 0 Å². The third kappa shape index (κ3) is 2.59. The van der Waals surface area contributed by atoms with Gasteiger partial charge in [-0.1, -0.05) is 0 Å². The third-order valence-electron chi connectivity index (χ3n) is 1.90. The molecule has 0 saturated heterocycles. The molecule has 2 rings (SSSR count). The van der Waals surface area contributed by atoms with Crippen LogP contribution in [0.2, 0.25) is 0 Å². The van der Waals surface area contributed by atoms with Crippen LogP contribution in [0.15, 0.2) is 29.1 Å². The smallest absolute Gasteiger partial charge is 0.242 e. The first kappa shape index (κ1) is 10.2. The van der Waals surface area contributed by atoms with Crippen LogP contribution in [-0.4, -0.2) is 20.7 Å². The largest absolute Gasteiger partial charge is 0.467 e. The van der Waals surface area contributed by atoms with Crippen LogP contribution in [0.1, 0.15) is 5.76 Å². The molecule has 0 spiro atoms. The van der Waals surface area contributed by atoms with Crippen molar-refractivity contribution in [3.63, 3.8) is 0 Å². The molecule has 0 atom stereocenters. The molecule has 1 amide bonds. The zero-order valence-electron chi connectivity index (χ0n) is 8.46. The highest BCUT2D eigenvalue weighted by atomic mass is 16.3. The molecule has 3 N–H and O–H groups in total. The molecule has 84 valence electrons. The van der Waals surface area contributed by atoms with Crippen molar-refractivity contribution in [2.75, 3.05) is 5.73 Å². The fraction of sp³-hybridized carbons (Fsp3) is 0.222. The van der Waals surface area contributed by atoms with Crippen LogP contribution >= 0.6 is 0 Å². The van der Waals surface area contributed by atoms with Gasteiger partial charge >= 0.3 is 0 Å². The zero-order valence-corrected chi connectivity index (χ0v) is 8.46. The van der Waals surface area contributed by atoms with Gasteiger partial charge < -0.3 is 15.5 Å². The Hall–Kier alpha value is -2.31. The van der Waals surface area contributed by atoms with Crippen molar-refractivity contribution < 1.29 is 9.21 Å². The van der Waals surface area contributed by atoms with Gasteiger partial charge in [0.05, 0.1) is 12.8 Å². The predicted octanol–water partition coefficient (Wildman–Crippen LogP) is -0.230. The summed E-state index contributed by atoms with van der Waals surface area (Å²) in [5.41, 5.74) is 5.32. The zero-order chi connectivity index (χ0) is 11.4. The van der Waals surface area contributed by atoms with Gasteiger partial charge in [-0.3, -0.25) is 4.79 Å². The number of amides is 1. The van der Waals surface area contributed by atoms with E-state index >= 15 is 0 Å². The minimum Gasteiger partial charge on any atom is -0.467 e. The van der Waals surface area contributed by atoms with Crippen molar-refractivity contribution in [2.45, 2.75) is 13.1 Å². The van der Waals surface area contributed by atoms with Crippen molar-refractivity contribution in [1.82, 2.24) is 20.1 Å². The molecule has 0 bridgehead atoms. The number of nitrogens with zero attached hydrogens (tertiary/aromatic N) is 3. The molecule has 7 nitrogen and oxygen atoms in total. The maximum atomic E-state index is 11.4. The molecule has 0 aliphatic carbocycles. The van der Waals surface area contributed by atoms with Gasteiger partial charge in [0.1, 0.15) is 18.6 Å². The van der Waals surface area contributed by atoms with Gasteiger partial charge in [0, 0.05) is 0 Å². The SMILES string of the molecule is Nc1ncn(CC(=O)NCc2ccco2)n1. The molecule has 2 heterocycles. The Kier molecular flexibility index (Phi) is 2.86. The Bertz CT molecular complexity index is 462. The number of anilines is 1. The topological polar surface area (TPSA) is 99.0 Å². The Labute approximate surface area is 91.3 Å². The van der Waals surface area contributed by atoms with E-state index in [0.29, 0.717) is 12.3 Å². The first-order chi connectivity index (χ1) is 7.74. The summed E-state index contributed by atoms with van der Waals surface area (Å²) >= 11 is 0. The molecule has 2 aromatic rings. The highest BCUT2D eigenvalue weighted by molar-refractivity contribution is 5.75. The average Bonchev–Trinajstić information content (AvgIpc) is 2.87. The Morgan fingerprint density at radius 3 is 3.12 bits per heavy atom. The molecule has 0 fully saturated rings. The highest BCUT2D eigenvalue weighted by Gasteiger charge is 2.05. The number of carbonyl (C=O) groups excluding carboxylic acids is 1. The molecule has 0 unspecified atom stereocenters. The second-order valence-corrected chi connectivity index (χ2v) is 3.16. The molecule has 2 aromatic heterocycles. The standard InChI is InChI=1S/C9H11N5O2/c10-9-12-6-14(13-9)5-8(15)11-4-7-2-1-3-16-7/h1-3,6H,4-5H2,(H2,10,13)(H,11,15). The number of nitrogens with one attached hydrogen (secondary N) is 1. The Morgan fingerprint density at radius 1 is 1.62 bits per heavy atom.